The first-order valence-corrected chi connectivity index (χ1v) is 8.60. The van der Waals surface area contributed by atoms with E-state index in [0.29, 0.717) is 26.1 Å². The molecule has 0 bridgehead atoms. The predicted octanol–water partition coefficient (Wildman–Crippen LogP) is 2.61. The zero-order valence-corrected chi connectivity index (χ0v) is 14.6. The van der Waals surface area contributed by atoms with E-state index in [0.717, 1.165) is 24.9 Å². The maximum absolute atomic E-state index is 12.9. The number of aryl methyl sites for hydroxylation is 1. The second-order valence-corrected chi connectivity index (χ2v) is 6.42. The van der Waals surface area contributed by atoms with Crippen LogP contribution < -0.4 is 0 Å². The van der Waals surface area contributed by atoms with Crippen molar-refractivity contribution in [3.8, 4) is 12.3 Å². The van der Waals surface area contributed by atoms with E-state index in [-0.39, 0.29) is 17.7 Å². The van der Waals surface area contributed by atoms with Crippen molar-refractivity contribution in [1.82, 2.24) is 9.80 Å². The third-order valence-corrected chi connectivity index (χ3v) is 4.51. The maximum Gasteiger partial charge on any atom is 0.228 e. The number of nitrogens with zero attached hydrogens (tertiary/aromatic N) is 2. The third-order valence-electron chi connectivity index (χ3n) is 4.51. The van der Waals surface area contributed by atoms with Gasteiger partial charge in [0.15, 0.2) is 0 Å². The highest BCUT2D eigenvalue weighted by Gasteiger charge is 2.30. The van der Waals surface area contributed by atoms with Crippen molar-refractivity contribution in [3.05, 3.63) is 35.4 Å². The first kappa shape index (κ1) is 18.1. The Hall–Kier alpha value is -2.28. The molecular weight excluding hydrogens is 300 g/mol. The number of likely N-dealkylation sites (tertiary alicyclic amines) is 1. The molecule has 1 aromatic carbocycles. The second kappa shape index (κ2) is 8.54. The molecular formula is C20H26N2O2. The standard InChI is InChI=1S/C20H26N2O2/c1-4-12-22(14-17-10-8-16(3)9-11-17)20(24)18-7-6-13-21(15-18)19(23)5-2/h1,8-11,18H,5-7,12-15H2,2-3H3. The summed E-state index contributed by atoms with van der Waals surface area (Å²) in [6.07, 6.45) is 7.64. The molecule has 1 unspecified atom stereocenters. The number of rotatable bonds is 5. The first-order chi connectivity index (χ1) is 11.5. The van der Waals surface area contributed by atoms with Gasteiger partial charge in [0.05, 0.1) is 12.5 Å². The number of hydrogen-bond donors (Lipinski definition) is 0. The summed E-state index contributed by atoms with van der Waals surface area (Å²) in [5.74, 6) is 2.62. The number of terminal acetylenes is 1. The quantitative estimate of drug-likeness (QED) is 0.781. The minimum atomic E-state index is -0.145. The Balaban J connectivity index is 2.06. The lowest BCUT2D eigenvalue weighted by Gasteiger charge is -2.34. The van der Waals surface area contributed by atoms with Gasteiger partial charge in [0.1, 0.15) is 0 Å². The molecule has 4 nitrogen and oxygen atoms in total. The lowest BCUT2D eigenvalue weighted by atomic mass is 9.96. The van der Waals surface area contributed by atoms with Gasteiger partial charge in [-0.1, -0.05) is 42.7 Å². The SMILES string of the molecule is C#CCN(Cc1ccc(C)cc1)C(=O)C1CCCN(C(=O)CC)C1. The van der Waals surface area contributed by atoms with E-state index in [1.807, 2.05) is 43.0 Å². The zero-order chi connectivity index (χ0) is 17.5. The van der Waals surface area contributed by atoms with Crippen LogP contribution in [0.1, 0.15) is 37.3 Å². The topological polar surface area (TPSA) is 40.6 Å². The Morgan fingerprint density at radius 2 is 2.04 bits per heavy atom. The molecule has 0 saturated carbocycles. The van der Waals surface area contributed by atoms with E-state index in [9.17, 15) is 9.59 Å². The van der Waals surface area contributed by atoms with Gasteiger partial charge in [-0.25, -0.2) is 0 Å². The van der Waals surface area contributed by atoms with Crippen LogP contribution in [-0.2, 0) is 16.1 Å². The fraction of sp³-hybridized carbons (Fsp3) is 0.500. The Kier molecular flexibility index (Phi) is 6.43. The summed E-state index contributed by atoms with van der Waals surface area (Å²) in [5.41, 5.74) is 2.26. The Bertz CT molecular complexity index is 616. The van der Waals surface area contributed by atoms with Crippen molar-refractivity contribution in [2.45, 2.75) is 39.7 Å². The van der Waals surface area contributed by atoms with Crippen LogP contribution in [0.5, 0.6) is 0 Å². The van der Waals surface area contributed by atoms with E-state index in [1.165, 1.54) is 5.56 Å². The van der Waals surface area contributed by atoms with Crippen molar-refractivity contribution in [2.24, 2.45) is 5.92 Å². The molecule has 4 heteroatoms. The normalized spacial score (nSPS) is 17.2. The maximum atomic E-state index is 12.9. The molecule has 2 rings (SSSR count). The van der Waals surface area contributed by atoms with Gasteiger partial charge in [-0.05, 0) is 25.3 Å². The van der Waals surface area contributed by atoms with Crippen LogP contribution in [-0.4, -0.2) is 41.2 Å². The highest BCUT2D eigenvalue weighted by molar-refractivity contribution is 5.81. The fourth-order valence-corrected chi connectivity index (χ4v) is 3.12. The largest absolute Gasteiger partial charge is 0.342 e. The monoisotopic (exact) mass is 326 g/mol. The number of carbonyl (C=O) groups is 2. The molecule has 0 radical (unpaired) electrons. The molecule has 0 aromatic heterocycles. The molecule has 1 atom stereocenters. The Morgan fingerprint density at radius 1 is 1.33 bits per heavy atom. The summed E-state index contributed by atoms with van der Waals surface area (Å²) in [7, 11) is 0. The average Bonchev–Trinajstić information content (AvgIpc) is 2.62. The molecule has 1 heterocycles. The van der Waals surface area contributed by atoms with Crippen LogP contribution in [0.4, 0.5) is 0 Å². The lowest BCUT2D eigenvalue weighted by molar-refractivity contribution is -0.140. The number of hydrogen-bond acceptors (Lipinski definition) is 2. The summed E-state index contributed by atoms with van der Waals surface area (Å²) in [4.78, 5) is 28.4. The van der Waals surface area contributed by atoms with Crippen LogP contribution in [0.15, 0.2) is 24.3 Å². The van der Waals surface area contributed by atoms with Crippen LogP contribution in [0.25, 0.3) is 0 Å². The number of amides is 2. The summed E-state index contributed by atoms with van der Waals surface area (Å²) in [5, 5.41) is 0. The molecule has 1 saturated heterocycles. The van der Waals surface area contributed by atoms with Gasteiger partial charge < -0.3 is 9.80 Å². The number of benzene rings is 1. The number of carbonyl (C=O) groups excluding carboxylic acids is 2. The molecule has 128 valence electrons. The minimum absolute atomic E-state index is 0.0575. The minimum Gasteiger partial charge on any atom is -0.342 e. The van der Waals surface area contributed by atoms with Crippen LogP contribution in [0, 0.1) is 25.2 Å². The molecule has 2 amide bonds. The van der Waals surface area contributed by atoms with Crippen LogP contribution >= 0.6 is 0 Å². The average molecular weight is 326 g/mol. The highest BCUT2D eigenvalue weighted by Crippen LogP contribution is 2.20. The van der Waals surface area contributed by atoms with Crippen molar-refractivity contribution in [1.29, 1.82) is 0 Å². The third kappa shape index (κ3) is 4.61. The summed E-state index contributed by atoms with van der Waals surface area (Å²) < 4.78 is 0. The Labute approximate surface area is 144 Å². The Morgan fingerprint density at radius 3 is 2.67 bits per heavy atom. The molecule has 1 aromatic rings. The molecule has 0 aliphatic carbocycles. The first-order valence-electron chi connectivity index (χ1n) is 8.60. The summed E-state index contributed by atoms with van der Waals surface area (Å²) >= 11 is 0. The van der Waals surface area contributed by atoms with Gasteiger partial charge in [0.25, 0.3) is 0 Å². The van der Waals surface area contributed by atoms with E-state index < -0.39 is 0 Å². The van der Waals surface area contributed by atoms with Gasteiger partial charge in [-0.3, -0.25) is 9.59 Å². The van der Waals surface area contributed by atoms with E-state index in [2.05, 4.69) is 5.92 Å². The lowest BCUT2D eigenvalue weighted by Crippen LogP contribution is -2.46. The fourth-order valence-electron chi connectivity index (χ4n) is 3.12. The molecule has 0 spiro atoms. The molecule has 24 heavy (non-hydrogen) atoms. The van der Waals surface area contributed by atoms with Crippen molar-refractivity contribution < 1.29 is 9.59 Å². The van der Waals surface area contributed by atoms with Gasteiger partial charge in [-0.15, -0.1) is 6.42 Å². The summed E-state index contributed by atoms with van der Waals surface area (Å²) in [6, 6.07) is 8.13. The molecule has 1 fully saturated rings. The van der Waals surface area contributed by atoms with Gasteiger partial charge >= 0.3 is 0 Å². The summed E-state index contributed by atoms with van der Waals surface area (Å²) in [6.45, 7) is 5.97. The van der Waals surface area contributed by atoms with Crippen molar-refractivity contribution in [2.75, 3.05) is 19.6 Å². The van der Waals surface area contributed by atoms with Crippen LogP contribution in [0.3, 0.4) is 0 Å². The molecule has 1 aliphatic heterocycles. The van der Waals surface area contributed by atoms with E-state index in [1.54, 1.807) is 4.90 Å². The highest BCUT2D eigenvalue weighted by atomic mass is 16.2. The van der Waals surface area contributed by atoms with Gasteiger partial charge in [-0.2, -0.15) is 0 Å². The smallest absolute Gasteiger partial charge is 0.228 e. The van der Waals surface area contributed by atoms with Gasteiger partial charge in [0.2, 0.25) is 11.8 Å². The van der Waals surface area contributed by atoms with E-state index >= 15 is 0 Å². The van der Waals surface area contributed by atoms with Crippen molar-refractivity contribution >= 4 is 11.8 Å². The zero-order valence-electron chi connectivity index (χ0n) is 14.6. The van der Waals surface area contributed by atoms with Crippen molar-refractivity contribution in [3.63, 3.8) is 0 Å². The number of piperidine rings is 1. The van der Waals surface area contributed by atoms with E-state index in [4.69, 9.17) is 6.42 Å². The molecule has 1 aliphatic rings. The second-order valence-electron chi connectivity index (χ2n) is 6.42. The van der Waals surface area contributed by atoms with Crippen LogP contribution in [0.2, 0.25) is 0 Å². The predicted molar refractivity (Wildman–Crippen MR) is 95.0 cm³/mol. The molecule has 0 N–H and O–H groups in total. The van der Waals surface area contributed by atoms with Gasteiger partial charge in [0, 0.05) is 26.1 Å².